The van der Waals surface area contributed by atoms with E-state index in [2.05, 4.69) is 38.7 Å². The van der Waals surface area contributed by atoms with Crippen molar-refractivity contribution < 1.29 is 4.39 Å². The van der Waals surface area contributed by atoms with E-state index in [1.807, 2.05) is 24.5 Å². The van der Waals surface area contributed by atoms with Crippen molar-refractivity contribution in [2.24, 2.45) is 0 Å². The lowest BCUT2D eigenvalue weighted by Crippen LogP contribution is -2.29. The molecule has 0 atom stereocenters. The first kappa shape index (κ1) is 19.6. The minimum atomic E-state index is -0.169. The smallest absolute Gasteiger partial charge is 0.123 e. The minimum Gasteiger partial charge on any atom is -0.331 e. The molecule has 0 amide bonds. The molecule has 0 N–H and O–H groups in total. The molecule has 4 rings (SSSR count). The lowest BCUT2D eigenvalue weighted by atomic mass is 9.99. The van der Waals surface area contributed by atoms with Gasteiger partial charge in [-0.1, -0.05) is 30.3 Å². The summed E-state index contributed by atoms with van der Waals surface area (Å²) < 4.78 is 15.3. The van der Waals surface area contributed by atoms with E-state index in [1.165, 1.54) is 17.5 Å². The van der Waals surface area contributed by atoms with Crippen molar-refractivity contribution in [3.63, 3.8) is 0 Å². The Balaban J connectivity index is 0.00000210. The first-order valence-electron chi connectivity index (χ1n) is 9.37. The molecule has 2 aromatic carbocycles. The van der Waals surface area contributed by atoms with Crippen LogP contribution in [0.3, 0.4) is 0 Å². The van der Waals surface area contributed by atoms with Crippen LogP contribution in [0.5, 0.6) is 0 Å². The van der Waals surface area contributed by atoms with Crippen LogP contribution in [0.1, 0.15) is 24.8 Å². The Hall–Kier alpha value is -2.17. The third-order valence-electron chi connectivity index (χ3n) is 5.16. The zero-order valence-corrected chi connectivity index (χ0v) is 16.2. The molecule has 0 fully saturated rings. The molecule has 0 bridgehead atoms. The normalized spacial score (nSPS) is 14.8. The molecular weight excluding hydrogens is 361 g/mol. The van der Waals surface area contributed by atoms with Gasteiger partial charge < -0.3 is 4.57 Å². The third-order valence-corrected chi connectivity index (χ3v) is 5.16. The van der Waals surface area contributed by atoms with Crippen LogP contribution in [0.25, 0.3) is 16.6 Å². The molecule has 3 nitrogen and oxygen atoms in total. The lowest BCUT2D eigenvalue weighted by molar-refractivity contribution is 0.293. The average molecular weight is 386 g/mol. The SMILES string of the molecule is Cl.Fc1ccc(C2=CCN(CCCCn3cnc4ccccc43)CC2)cc1. The quantitative estimate of drug-likeness (QED) is 0.546. The van der Waals surface area contributed by atoms with Gasteiger partial charge in [0, 0.05) is 19.6 Å². The van der Waals surface area contributed by atoms with Gasteiger partial charge in [-0.05, 0) is 61.2 Å². The van der Waals surface area contributed by atoms with Crippen LogP contribution in [0.4, 0.5) is 4.39 Å². The summed E-state index contributed by atoms with van der Waals surface area (Å²) in [5, 5.41) is 0. The van der Waals surface area contributed by atoms with Gasteiger partial charge in [-0.2, -0.15) is 0 Å². The van der Waals surface area contributed by atoms with E-state index in [9.17, 15) is 4.39 Å². The number of imidazole rings is 1. The van der Waals surface area contributed by atoms with Crippen LogP contribution in [0.2, 0.25) is 0 Å². The van der Waals surface area contributed by atoms with Crippen LogP contribution in [-0.2, 0) is 6.54 Å². The molecule has 1 aliphatic heterocycles. The number of aromatic nitrogens is 2. The monoisotopic (exact) mass is 385 g/mol. The molecule has 0 spiro atoms. The second-order valence-corrected chi connectivity index (χ2v) is 6.92. The molecule has 0 unspecified atom stereocenters. The van der Waals surface area contributed by atoms with Crippen molar-refractivity contribution >= 4 is 29.0 Å². The number of aryl methyl sites for hydroxylation is 1. The molecule has 27 heavy (non-hydrogen) atoms. The molecule has 5 heteroatoms. The lowest BCUT2D eigenvalue weighted by Gasteiger charge is -2.26. The van der Waals surface area contributed by atoms with E-state index in [-0.39, 0.29) is 18.2 Å². The van der Waals surface area contributed by atoms with Crippen molar-refractivity contribution in [2.75, 3.05) is 19.6 Å². The predicted octanol–water partition coefficient (Wildman–Crippen LogP) is 5.17. The fourth-order valence-corrected chi connectivity index (χ4v) is 3.65. The summed E-state index contributed by atoms with van der Waals surface area (Å²) in [5.74, 6) is -0.169. The summed E-state index contributed by atoms with van der Waals surface area (Å²) in [5.41, 5.74) is 4.78. The van der Waals surface area contributed by atoms with Gasteiger partial charge in [0.05, 0.1) is 17.4 Å². The summed E-state index contributed by atoms with van der Waals surface area (Å²) in [6.07, 6.45) is 7.62. The number of rotatable bonds is 6. The zero-order valence-electron chi connectivity index (χ0n) is 15.4. The van der Waals surface area contributed by atoms with E-state index in [0.29, 0.717) is 0 Å². The predicted molar refractivity (Wildman–Crippen MR) is 112 cm³/mol. The van der Waals surface area contributed by atoms with Gasteiger partial charge in [-0.15, -0.1) is 12.4 Å². The molecule has 3 aromatic rings. The second kappa shape index (κ2) is 9.16. The highest BCUT2D eigenvalue weighted by Crippen LogP contribution is 2.22. The van der Waals surface area contributed by atoms with Crippen LogP contribution in [-0.4, -0.2) is 34.1 Å². The number of fused-ring (bicyclic) bond motifs is 1. The van der Waals surface area contributed by atoms with Crippen LogP contribution < -0.4 is 0 Å². The van der Waals surface area contributed by atoms with Crippen molar-refractivity contribution in [1.82, 2.24) is 14.5 Å². The summed E-state index contributed by atoms with van der Waals surface area (Å²) >= 11 is 0. The Morgan fingerprint density at radius 2 is 1.74 bits per heavy atom. The summed E-state index contributed by atoms with van der Waals surface area (Å²) in [7, 11) is 0. The number of unbranched alkanes of at least 4 members (excludes halogenated alkanes) is 1. The van der Waals surface area contributed by atoms with Gasteiger partial charge in [0.25, 0.3) is 0 Å². The maximum Gasteiger partial charge on any atom is 0.123 e. The van der Waals surface area contributed by atoms with E-state index in [4.69, 9.17) is 0 Å². The molecule has 1 aromatic heterocycles. The fourth-order valence-electron chi connectivity index (χ4n) is 3.65. The highest BCUT2D eigenvalue weighted by molar-refractivity contribution is 5.85. The standard InChI is InChI=1S/C22H24FN3.ClH/c23-20-9-7-18(8-10-20)19-11-15-25(16-12-19)13-3-4-14-26-17-24-21-5-1-2-6-22(21)26;/h1-2,5-11,17H,3-4,12-16H2;1H. The Morgan fingerprint density at radius 3 is 2.52 bits per heavy atom. The maximum atomic E-state index is 13.0. The molecule has 0 radical (unpaired) electrons. The largest absolute Gasteiger partial charge is 0.331 e. The van der Waals surface area contributed by atoms with Crippen LogP contribution >= 0.6 is 12.4 Å². The van der Waals surface area contributed by atoms with E-state index in [0.717, 1.165) is 50.1 Å². The van der Waals surface area contributed by atoms with E-state index >= 15 is 0 Å². The first-order valence-corrected chi connectivity index (χ1v) is 9.37. The van der Waals surface area contributed by atoms with Crippen LogP contribution in [0.15, 0.2) is 60.9 Å². The van der Waals surface area contributed by atoms with Crippen molar-refractivity contribution in [3.05, 3.63) is 72.3 Å². The molecule has 0 aliphatic carbocycles. The molecule has 0 saturated heterocycles. The van der Waals surface area contributed by atoms with Crippen LogP contribution in [0, 0.1) is 5.82 Å². The molecule has 142 valence electrons. The van der Waals surface area contributed by atoms with Gasteiger partial charge in [0.2, 0.25) is 0 Å². The third kappa shape index (κ3) is 4.76. The zero-order chi connectivity index (χ0) is 17.8. The minimum absolute atomic E-state index is 0. The van der Waals surface area contributed by atoms with Crippen molar-refractivity contribution in [3.8, 4) is 0 Å². The molecule has 2 heterocycles. The number of para-hydroxylation sites is 2. The van der Waals surface area contributed by atoms with Gasteiger partial charge >= 0.3 is 0 Å². The average Bonchev–Trinajstić information content (AvgIpc) is 3.10. The van der Waals surface area contributed by atoms with Gasteiger partial charge in [-0.25, -0.2) is 9.37 Å². The number of hydrogen-bond donors (Lipinski definition) is 0. The Labute approximate surface area is 165 Å². The first-order chi connectivity index (χ1) is 12.8. The summed E-state index contributed by atoms with van der Waals surface area (Å²) in [6.45, 7) is 4.21. The highest BCUT2D eigenvalue weighted by atomic mass is 35.5. The van der Waals surface area contributed by atoms with Crippen molar-refractivity contribution in [1.29, 1.82) is 0 Å². The second-order valence-electron chi connectivity index (χ2n) is 6.92. The Morgan fingerprint density at radius 1 is 0.963 bits per heavy atom. The summed E-state index contributed by atoms with van der Waals surface area (Å²) in [4.78, 5) is 6.95. The number of nitrogens with zero attached hydrogens (tertiary/aromatic N) is 3. The van der Waals surface area contributed by atoms with Gasteiger partial charge in [0.15, 0.2) is 0 Å². The Bertz CT molecular complexity index is 901. The number of benzene rings is 2. The Kier molecular flexibility index (Phi) is 6.64. The number of hydrogen-bond acceptors (Lipinski definition) is 2. The molecule has 0 saturated carbocycles. The van der Waals surface area contributed by atoms with E-state index in [1.54, 1.807) is 12.1 Å². The molecule has 1 aliphatic rings. The summed E-state index contributed by atoms with van der Waals surface area (Å²) in [6, 6.07) is 15.1. The van der Waals surface area contributed by atoms with Gasteiger partial charge in [-0.3, -0.25) is 4.90 Å². The maximum absolute atomic E-state index is 13.0. The van der Waals surface area contributed by atoms with Gasteiger partial charge in [0.1, 0.15) is 5.82 Å². The van der Waals surface area contributed by atoms with E-state index < -0.39 is 0 Å². The fraction of sp³-hybridized carbons (Fsp3) is 0.318. The highest BCUT2D eigenvalue weighted by Gasteiger charge is 2.12. The molecular formula is C22H25ClFN3. The van der Waals surface area contributed by atoms with Crippen molar-refractivity contribution in [2.45, 2.75) is 25.8 Å². The topological polar surface area (TPSA) is 21.1 Å². The number of halogens is 2.